The molecule has 1 aromatic carbocycles. The van der Waals surface area contributed by atoms with Crippen LogP contribution in [0.15, 0.2) is 40.1 Å². The van der Waals surface area contributed by atoms with Gasteiger partial charge >= 0.3 is 11.7 Å². The van der Waals surface area contributed by atoms with Gasteiger partial charge in [0.2, 0.25) is 5.91 Å². The van der Waals surface area contributed by atoms with Crippen LogP contribution in [0.3, 0.4) is 0 Å². The van der Waals surface area contributed by atoms with Crippen molar-refractivity contribution in [1.82, 2.24) is 24.4 Å². The smallest absolute Gasteiger partial charge is 0.339 e. The molecule has 3 aromatic rings. The standard InChI is InChI=1S/C22H24N6O8S/c1-27-17-16(20(31)28(2)22(27)33)24-15(11-23-17)19(30)26-14(9-10-37(4,34)35)18(29)25-13-8-6-5-7-12(13)21(32)36-3/h5-8,11,14H,9-10H2,1-4H3,(H,25,29)(H,26,30)/t14-/m0/s1. The summed E-state index contributed by atoms with van der Waals surface area (Å²) < 4.78 is 30.1. The molecular formula is C22H24N6O8S. The topological polar surface area (TPSA) is 188 Å². The molecule has 0 saturated carbocycles. The van der Waals surface area contributed by atoms with E-state index in [1.54, 1.807) is 12.1 Å². The number of hydrogen-bond donors (Lipinski definition) is 2. The summed E-state index contributed by atoms with van der Waals surface area (Å²) in [5.74, 6) is -2.87. The van der Waals surface area contributed by atoms with Gasteiger partial charge in [-0.3, -0.25) is 23.5 Å². The predicted octanol–water partition coefficient (Wildman–Crippen LogP) is -1.01. The summed E-state index contributed by atoms with van der Waals surface area (Å²) in [6.07, 6.45) is 1.70. The van der Waals surface area contributed by atoms with Crippen LogP contribution in [0.4, 0.5) is 5.69 Å². The molecule has 2 heterocycles. The molecule has 14 nitrogen and oxygen atoms in total. The number of sulfone groups is 1. The maximum atomic E-state index is 13.1. The molecule has 2 amide bonds. The van der Waals surface area contributed by atoms with Crippen molar-refractivity contribution < 1.29 is 27.5 Å². The van der Waals surface area contributed by atoms with Gasteiger partial charge in [0.05, 0.1) is 30.3 Å². The van der Waals surface area contributed by atoms with Gasteiger partial charge in [-0.25, -0.2) is 28.0 Å². The summed E-state index contributed by atoms with van der Waals surface area (Å²) in [6, 6.07) is 4.61. The van der Waals surface area contributed by atoms with Crippen molar-refractivity contribution in [3.05, 3.63) is 62.6 Å². The van der Waals surface area contributed by atoms with Crippen LogP contribution in [0.2, 0.25) is 0 Å². The van der Waals surface area contributed by atoms with Crippen molar-refractivity contribution >= 4 is 44.5 Å². The van der Waals surface area contributed by atoms with Gasteiger partial charge < -0.3 is 15.4 Å². The van der Waals surface area contributed by atoms with Gasteiger partial charge in [-0.05, 0) is 18.6 Å². The number of anilines is 1. The molecule has 2 N–H and O–H groups in total. The van der Waals surface area contributed by atoms with Crippen LogP contribution in [-0.4, -0.2) is 70.5 Å². The molecule has 0 bridgehead atoms. The summed E-state index contributed by atoms with van der Waals surface area (Å²) in [6.45, 7) is 0. The van der Waals surface area contributed by atoms with E-state index in [9.17, 15) is 32.4 Å². The van der Waals surface area contributed by atoms with Crippen LogP contribution in [-0.2, 0) is 33.5 Å². The van der Waals surface area contributed by atoms with E-state index in [0.29, 0.717) is 0 Å². The molecule has 3 rings (SSSR count). The highest BCUT2D eigenvalue weighted by atomic mass is 32.2. The maximum Gasteiger partial charge on any atom is 0.339 e. The summed E-state index contributed by atoms with van der Waals surface area (Å²) in [4.78, 5) is 70.6. The molecular weight excluding hydrogens is 508 g/mol. The fraction of sp³-hybridized carbons (Fsp3) is 0.318. The van der Waals surface area contributed by atoms with E-state index in [1.165, 1.54) is 33.3 Å². The Morgan fingerprint density at radius 1 is 1.11 bits per heavy atom. The number of rotatable bonds is 8. The number of hydrogen-bond acceptors (Lipinski definition) is 10. The van der Waals surface area contributed by atoms with Crippen molar-refractivity contribution in [2.24, 2.45) is 14.1 Å². The van der Waals surface area contributed by atoms with E-state index in [4.69, 9.17) is 4.74 Å². The Labute approximate surface area is 210 Å². The zero-order valence-electron chi connectivity index (χ0n) is 20.3. The number of aromatic nitrogens is 4. The summed E-state index contributed by atoms with van der Waals surface area (Å²) in [5, 5.41) is 4.90. The van der Waals surface area contributed by atoms with Crippen LogP contribution in [0.25, 0.3) is 11.2 Å². The average Bonchev–Trinajstić information content (AvgIpc) is 2.87. The summed E-state index contributed by atoms with van der Waals surface area (Å²) in [7, 11) is 0.295. The second kappa shape index (κ2) is 10.7. The number of nitrogens with one attached hydrogen (secondary N) is 2. The second-order valence-corrected chi connectivity index (χ2v) is 10.4. The minimum Gasteiger partial charge on any atom is -0.465 e. The number of fused-ring (bicyclic) bond motifs is 1. The average molecular weight is 533 g/mol. The van der Waals surface area contributed by atoms with E-state index in [2.05, 4.69) is 20.6 Å². The predicted molar refractivity (Wildman–Crippen MR) is 132 cm³/mol. The molecule has 0 spiro atoms. The van der Waals surface area contributed by atoms with Gasteiger partial charge in [0.25, 0.3) is 11.5 Å². The van der Waals surface area contributed by atoms with E-state index < -0.39 is 50.7 Å². The molecule has 0 aliphatic heterocycles. The maximum absolute atomic E-state index is 13.1. The molecule has 0 saturated heterocycles. The second-order valence-electron chi connectivity index (χ2n) is 8.10. The molecule has 0 unspecified atom stereocenters. The SMILES string of the molecule is COC(=O)c1ccccc1NC(=O)[C@H](CCS(C)(=O)=O)NC(=O)c1cnc2c(n1)c(=O)n(C)c(=O)n2C. The Hall–Kier alpha value is -4.40. The van der Waals surface area contributed by atoms with Crippen molar-refractivity contribution in [2.45, 2.75) is 12.5 Å². The monoisotopic (exact) mass is 532 g/mol. The highest BCUT2D eigenvalue weighted by Crippen LogP contribution is 2.17. The van der Waals surface area contributed by atoms with Crippen molar-refractivity contribution in [3.8, 4) is 0 Å². The Kier molecular flexibility index (Phi) is 7.86. The number of amides is 2. The van der Waals surface area contributed by atoms with Gasteiger partial charge in [-0.1, -0.05) is 12.1 Å². The third-order valence-corrected chi connectivity index (χ3v) is 6.35. The van der Waals surface area contributed by atoms with E-state index in [-0.39, 0.29) is 34.5 Å². The normalized spacial score (nSPS) is 12.1. The molecule has 0 radical (unpaired) electrons. The van der Waals surface area contributed by atoms with E-state index in [0.717, 1.165) is 21.6 Å². The highest BCUT2D eigenvalue weighted by Gasteiger charge is 2.26. The molecule has 0 aliphatic rings. The number of aryl methyl sites for hydroxylation is 1. The number of benzene rings is 1. The number of methoxy groups -OCH3 is 1. The van der Waals surface area contributed by atoms with Crippen LogP contribution in [0.5, 0.6) is 0 Å². The lowest BCUT2D eigenvalue weighted by Crippen LogP contribution is -2.45. The molecule has 2 aromatic heterocycles. The molecule has 15 heteroatoms. The fourth-order valence-corrected chi connectivity index (χ4v) is 4.04. The summed E-state index contributed by atoms with van der Waals surface area (Å²) in [5.41, 5.74) is -1.90. The Balaban J connectivity index is 1.94. The number of carbonyl (C=O) groups is 3. The largest absolute Gasteiger partial charge is 0.465 e. The molecule has 37 heavy (non-hydrogen) atoms. The zero-order chi connectivity index (χ0) is 27.5. The lowest BCUT2D eigenvalue weighted by molar-refractivity contribution is -0.118. The number of ether oxygens (including phenoxy) is 1. The van der Waals surface area contributed by atoms with E-state index >= 15 is 0 Å². The summed E-state index contributed by atoms with van der Waals surface area (Å²) >= 11 is 0. The van der Waals surface area contributed by atoms with E-state index in [1.807, 2.05) is 0 Å². The number of esters is 1. The zero-order valence-corrected chi connectivity index (χ0v) is 21.2. The third-order valence-electron chi connectivity index (χ3n) is 5.37. The Morgan fingerprint density at radius 3 is 2.43 bits per heavy atom. The first kappa shape index (κ1) is 27.2. The van der Waals surface area contributed by atoms with Crippen molar-refractivity contribution in [2.75, 3.05) is 24.4 Å². The third kappa shape index (κ3) is 6.06. The first-order chi connectivity index (χ1) is 17.3. The molecule has 1 atom stereocenters. The lowest BCUT2D eigenvalue weighted by Gasteiger charge is -2.19. The fourth-order valence-electron chi connectivity index (χ4n) is 3.38. The minimum absolute atomic E-state index is 0.0459. The van der Waals surface area contributed by atoms with Crippen LogP contribution < -0.4 is 21.9 Å². The number of carbonyl (C=O) groups excluding carboxylic acids is 3. The Bertz CT molecular complexity index is 1630. The van der Waals surface area contributed by atoms with Crippen molar-refractivity contribution in [3.63, 3.8) is 0 Å². The van der Waals surface area contributed by atoms with Crippen LogP contribution in [0, 0.1) is 0 Å². The van der Waals surface area contributed by atoms with Crippen LogP contribution >= 0.6 is 0 Å². The lowest BCUT2D eigenvalue weighted by atomic mass is 10.1. The molecule has 196 valence electrons. The highest BCUT2D eigenvalue weighted by molar-refractivity contribution is 7.90. The molecule has 0 aliphatic carbocycles. The Morgan fingerprint density at radius 2 is 1.78 bits per heavy atom. The van der Waals surface area contributed by atoms with Gasteiger partial charge in [0, 0.05) is 20.4 Å². The van der Waals surface area contributed by atoms with Gasteiger partial charge in [-0.2, -0.15) is 0 Å². The molecule has 0 fully saturated rings. The van der Waals surface area contributed by atoms with Gasteiger partial charge in [0.15, 0.2) is 11.2 Å². The quantitative estimate of drug-likeness (QED) is 0.340. The first-order valence-electron chi connectivity index (χ1n) is 10.7. The van der Waals surface area contributed by atoms with Gasteiger partial charge in [0.1, 0.15) is 21.6 Å². The first-order valence-corrected chi connectivity index (χ1v) is 12.8. The number of nitrogens with zero attached hydrogens (tertiary/aromatic N) is 4. The number of para-hydroxylation sites is 1. The van der Waals surface area contributed by atoms with Crippen LogP contribution in [0.1, 0.15) is 27.3 Å². The van der Waals surface area contributed by atoms with Crippen molar-refractivity contribution in [1.29, 1.82) is 0 Å². The van der Waals surface area contributed by atoms with Gasteiger partial charge in [-0.15, -0.1) is 0 Å². The minimum atomic E-state index is -3.51.